The van der Waals surface area contributed by atoms with Crippen LogP contribution in [0.4, 0.5) is 32.3 Å². The van der Waals surface area contributed by atoms with Crippen LogP contribution < -0.4 is 4.90 Å². The molecular weight excluding hydrogens is 490 g/mol. The molecule has 4 rings (SSSR count). The number of nitrogens with zero attached hydrogens (tertiary/aromatic N) is 5. The highest BCUT2D eigenvalue weighted by molar-refractivity contribution is 6.31. The minimum atomic E-state index is -5.24. The molecule has 180 valence electrons. The molecule has 2 aromatic heterocycles. The van der Waals surface area contributed by atoms with E-state index in [0.29, 0.717) is 16.2 Å². The van der Waals surface area contributed by atoms with Crippen LogP contribution >= 0.6 is 11.6 Å². The number of nitriles is 1. The Morgan fingerprint density at radius 1 is 1.15 bits per heavy atom. The predicted octanol–water partition coefficient (Wildman–Crippen LogP) is 4.81. The quantitative estimate of drug-likeness (QED) is 0.494. The first kappa shape index (κ1) is 24.0. The summed E-state index contributed by atoms with van der Waals surface area (Å²) >= 11 is 6.08. The minimum absolute atomic E-state index is 0.0466. The van der Waals surface area contributed by atoms with Gasteiger partial charge in [-0.25, -0.2) is 4.98 Å². The van der Waals surface area contributed by atoms with Gasteiger partial charge in [0.25, 0.3) is 0 Å². The van der Waals surface area contributed by atoms with E-state index < -0.39 is 42.1 Å². The molecule has 0 aliphatic carbocycles. The zero-order valence-electron chi connectivity index (χ0n) is 17.0. The van der Waals surface area contributed by atoms with Crippen molar-refractivity contribution in [2.24, 2.45) is 0 Å². The number of aliphatic hydroxyl groups is 1. The Kier molecular flexibility index (Phi) is 6.07. The Balaban J connectivity index is 1.87. The second-order valence-corrected chi connectivity index (χ2v) is 8.13. The number of halogens is 7. The number of nitrogens with one attached hydrogen (secondary N) is 1. The van der Waals surface area contributed by atoms with Crippen molar-refractivity contribution in [3.63, 3.8) is 0 Å². The maximum atomic E-state index is 13.3. The van der Waals surface area contributed by atoms with Crippen LogP contribution in [0.3, 0.4) is 0 Å². The van der Waals surface area contributed by atoms with E-state index in [4.69, 9.17) is 16.9 Å². The predicted molar refractivity (Wildman–Crippen MR) is 108 cm³/mol. The first-order chi connectivity index (χ1) is 15.9. The van der Waals surface area contributed by atoms with Gasteiger partial charge in [0.2, 0.25) is 17.6 Å². The summed E-state index contributed by atoms with van der Waals surface area (Å²) in [4.78, 5) is 13.4. The Morgan fingerprint density at radius 3 is 2.38 bits per heavy atom. The first-order valence-corrected chi connectivity index (χ1v) is 10.3. The molecule has 3 heterocycles. The van der Waals surface area contributed by atoms with Gasteiger partial charge in [0.05, 0.1) is 24.6 Å². The van der Waals surface area contributed by atoms with Crippen LogP contribution in [-0.4, -0.2) is 37.7 Å². The highest BCUT2D eigenvalue weighted by Gasteiger charge is 2.43. The largest absolute Gasteiger partial charge is 0.451 e. The van der Waals surface area contributed by atoms with E-state index in [9.17, 15) is 31.4 Å². The van der Waals surface area contributed by atoms with E-state index in [-0.39, 0.29) is 25.8 Å². The van der Waals surface area contributed by atoms with E-state index in [0.717, 1.165) is 15.8 Å². The number of rotatable bonds is 4. The Hall–Kier alpha value is -3.11. The molecule has 0 saturated heterocycles. The molecule has 0 unspecified atom stereocenters. The number of benzene rings is 1. The summed E-state index contributed by atoms with van der Waals surface area (Å²) in [6, 6.07) is 5.86. The van der Waals surface area contributed by atoms with Gasteiger partial charge in [-0.2, -0.15) is 41.6 Å². The van der Waals surface area contributed by atoms with Gasteiger partial charge in [0.1, 0.15) is 0 Å². The minimum Gasteiger partial charge on any atom is -0.392 e. The maximum absolute atomic E-state index is 13.3. The van der Waals surface area contributed by atoms with Crippen molar-refractivity contribution in [1.82, 2.24) is 19.9 Å². The fourth-order valence-electron chi connectivity index (χ4n) is 4.02. The number of aliphatic hydroxyl groups excluding tert-OH is 1. The van der Waals surface area contributed by atoms with Gasteiger partial charge in [0, 0.05) is 34.6 Å². The molecule has 1 aliphatic heterocycles. The second kappa shape index (κ2) is 8.59. The van der Waals surface area contributed by atoms with Crippen LogP contribution in [0.25, 0.3) is 10.9 Å². The van der Waals surface area contributed by atoms with Crippen LogP contribution in [0.15, 0.2) is 18.2 Å². The third-order valence-corrected chi connectivity index (χ3v) is 5.66. The average Bonchev–Trinajstić information content (AvgIpc) is 3.11. The van der Waals surface area contributed by atoms with E-state index in [1.807, 2.05) is 0 Å². The highest BCUT2D eigenvalue weighted by atomic mass is 35.5. The van der Waals surface area contributed by atoms with Crippen molar-refractivity contribution in [3.8, 4) is 6.07 Å². The fourth-order valence-corrected chi connectivity index (χ4v) is 4.19. The van der Waals surface area contributed by atoms with Crippen molar-refractivity contribution in [2.75, 3.05) is 11.4 Å². The van der Waals surface area contributed by atoms with E-state index in [2.05, 4.69) is 19.9 Å². The summed E-state index contributed by atoms with van der Waals surface area (Å²) in [6.45, 7) is -0.0466. The summed E-state index contributed by atoms with van der Waals surface area (Å²) in [5.74, 6) is -4.78. The summed E-state index contributed by atoms with van der Waals surface area (Å²) in [6.07, 6.45) is -11.9. The van der Waals surface area contributed by atoms with E-state index in [1.54, 1.807) is 24.3 Å². The third-order valence-electron chi connectivity index (χ3n) is 5.42. The fraction of sp³-hybridized carbons (Fsp3) is 0.400. The van der Waals surface area contributed by atoms with Crippen LogP contribution in [0.1, 0.15) is 41.8 Å². The van der Waals surface area contributed by atoms with Crippen molar-refractivity contribution < 1.29 is 31.4 Å². The molecule has 0 radical (unpaired) electrons. The van der Waals surface area contributed by atoms with Crippen molar-refractivity contribution >= 4 is 28.5 Å². The third kappa shape index (κ3) is 4.60. The van der Waals surface area contributed by atoms with Crippen LogP contribution in [-0.2, 0) is 18.8 Å². The molecule has 1 aliphatic rings. The number of aromatic amines is 1. The van der Waals surface area contributed by atoms with Crippen LogP contribution in [0.2, 0.25) is 5.02 Å². The number of alkyl halides is 6. The molecule has 7 nitrogen and oxygen atoms in total. The molecule has 0 amide bonds. The zero-order chi connectivity index (χ0) is 24.8. The van der Waals surface area contributed by atoms with Gasteiger partial charge in [-0.1, -0.05) is 11.6 Å². The number of anilines is 1. The van der Waals surface area contributed by atoms with Crippen LogP contribution in [0.5, 0.6) is 0 Å². The Morgan fingerprint density at radius 2 is 1.79 bits per heavy atom. The Labute approximate surface area is 193 Å². The number of hydrogen-bond donors (Lipinski definition) is 2. The van der Waals surface area contributed by atoms with Crippen molar-refractivity contribution in [2.45, 2.75) is 43.8 Å². The molecule has 0 spiro atoms. The maximum Gasteiger partial charge on any atom is 0.451 e. The van der Waals surface area contributed by atoms with Gasteiger partial charge in [-0.3, -0.25) is 0 Å². The van der Waals surface area contributed by atoms with Gasteiger partial charge >= 0.3 is 12.4 Å². The molecule has 2 N–H and O–H groups in total. The van der Waals surface area contributed by atoms with E-state index >= 15 is 0 Å². The van der Waals surface area contributed by atoms with Gasteiger partial charge in [-0.15, -0.1) is 0 Å². The number of hydrogen-bond acceptors (Lipinski definition) is 6. The smallest absolute Gasteiger partial charge is 0.392 e. The lowest BCUT2D eigenvalue weighted by Crippen LogP contribution is -2.39. The molecule has 3 aromatic rings. The Bertz CT molecular complexity index is 1240. The first-order valence-electron chi connectivity index (χ1n) is 9.90. The molecule has 0 fully saturated rings. The summed E-state index contributed by atoms with van der Waals surface area (Å²) < 4.78 is 79.8. The average molecular weight is 505 g/mol. The lowest BCUT2D eigenvalue weighted by molar-refractivity contribution is -0.155. The lowest BCUT2D eigenvalue weighted by atomic mass is 9.93. The standard InChI is InChI=1S/C20H15ClF6N6O/c21-9-1-2-13-12(7-9)11-4-6-33(14(15(11)29-13)8-10(34)3-5-28)18-31-16(19(22,23)24)30-17(32-18)20(25,26)27/h1-2,7,10,14,29,34H,3-4,6,8H2/t10-,14-/m1/s1. The van der Waals surface area contributed by atoms with Gasteiger partial charge < -0.3 is 15.0 Å². The molecule has 2 atom stereocenters. The molecule has 0 saturated carbocycles. The molecule has 34 heavy (non-hydrogen) atoms. The SMILES string of the molecule is N#CC[C@@H](O)C[C@@H]1c2[nH]c3ccc(Cl)cc3c2CCN1c1nc(C(F)(F)F)nc(C(F)(F)F)n1. The topological polar surface area (TPSA) is 102 Å². The summed E-state index contributed by atoms with van der Waals surface area (Å²) in [5, 5.41) is 20.4. The summed E-state index contributed by atoms with van der Waals surface area (Å²) in [5.41, 5.74) is 1.87. The zero-order valence-corrected chi connectivity index (χ0v) is 17.8. The van der Waals surface area contributed by atoms with Crippen LogP contribution in [0, 0.1) is 11.3 Å². The van der Waals surface area contributed by atoms with Crippen molar-refractivity contribution in [1.29, 1.82) is 5.26 Å². The van der Waals surface area contributed by atoms with Crippen molar-refractivity contribution in [3.05, 3.63) is 46.1 Å². The molecular formula is C20H15ClF6N6O. The summed E-state index contributed by atoms with van der Waals surface area (Å²) in [7, 11) is 0. The van der Waals surface area contributed by atoms with E-state index in [1.165, 1.54) is 0 Å². The molecule has 14 heteroatoms. The number of fused-ring (bicyclic) bond motifs is 3. The monoisotopic (exact) mass is 504 g/mol. The lowest BCUT2D eigenvalue weighted by Gasteiger charge is -2.37. The number of H-pyrrole nitrogens is 1. The van der Waals surface area contributed by atoms with Gasteiger partial charge in [0.15, 0.2) is 0 Å². The second-order valence-electron chi connectivity index (χ2n) is 7.70. The van der Waals surface area contributed by atoms with Gasteiger partial charge in [-0.05, 0) is 30.2 Å². The normalized spacial score (nSPS) is 17.5. The molecule has 0 bridgehead atoms. The number of aromatic nitrogens is 4. The molecule has 1 aromatic carbocycles. The highest BCUT2D eigenvalue weighted by Crippen LogP contribution is 2.41.